The second-order valence-corrected chi connectivity index (χ2v) is 8.67. The molecule has 0 atom stereocenters. The lowest BCUT2D eigenvalue weighted by atomic mass is 10.1. The molecule has 33 heavy (non-hydrogen) atoms. The quantitative estimate of drug-likeness (QED) is 0.298. The summed E-state index contributed by atoms with van der Waals surface area (Å²) in [5, 5.41) is 9.59. The predicted octanol–water partition coefficient (Wildman–Crippen LogP) is 4.93. The van der Waals surface area contributed by atoms with Crippen molar-refractivity contribution in [3.63, 3.8) is 0 Å². The van der Waals surface area contributed by atoms with E-state index >= 15 is 0 Å². The summed E-state index contributed by atoms with van der Waals surface area (Å²) in [6, 6.07) is 9.41. The molecule has 4 N–H and O–H groups in total. The van der Waals surface area contributed by atoms with E-state index in [1.807, 2.05) is 12.1 Å². The van der Waals surface area contributed by atoms with Gasteiger partial charge in [-0.25, -0.2) is 13.6 Å². The first kappa shape index (κ1) is 24.2. The van der Waals surface area contributed by atoms with Gasteiger partial charge in [-0.2, -0.15) is 0 Å². The SMILES string of the molecule is COc1ccc(-c2cc3cc(F)c(F)cc3[nH]2)cc1NC(=S)NCCNC(=O)OC(C)(C)C. The summed E-state index contributed by atoms with van der Waals surface area (Å²) in [4.78, 5) is 14.8. The standard InChI is InChI=1S/C23H26F2N4O3S/c1-23(2,3)32-22(30)27-8-7-26-21(33)29-19-10-13(5-6-20(19)31-4)17-11-14-9-15(24)16(25)12-18(14)28-17/h5-6,9-12,28H,7-8H2,1-4H3,(H,27,30)(H2,26,29,33). The lowest BCUT2D eigenvalue weighted by molar-refractivity contribution is 0.0529. The van der Waals surface area contributed by atoms with Crippen molar-refractivity contribution in [3.8, 4) is 17.0 Å². The van der Waals surface area contributed by atoms with Crippen LogP contribution in [0.25, 0.3) is 22.2 Å². The first-order chi connectivity index (χ1) is 15.6. The summed E-state index contributed by atoms with van der Waals surface area (Å²) in [5.74, 6) is -1.25. The van der Waals surface area contributed by atoms with E-state index in [1.165, 1.54) is 7.11 Å². The summed E-state index contributed by atoms with van der Waals surface area (Å²) in [6.45, 7) is 6.07. The van der Waals surface area contributed by atoms with Crippen molar-refractivity contribution < 1.29 is 23.0 Å². The zero-order valence-corrected chi connectivity index (χ0v) is 19.6. The van der Waals surface area contributed by atoms with Crippen LogP contribution in [0.1, 0.15) is 20.8 Å². The van der Waals surface area contributed by atoms with Crippen LogP contribution in [-0.4, -0.2) is 42.0 Å². The second-order valence-electron chi connectivity index (χ2n) is 8.26. The fourth-order valence-corrected chi connectivity index (χ4v) is 3.29. The van der Waals surface area contributed by atoms with E-state index < -0.39 is 23.3 Å². The number of methoxy groups -OCH3 is 1. The molecule has 0 unspecified atom stereocenters. The van der Waals surface area contributed by atoms with Crippen LogP contribution in [0.2, 0.25) is 0 Å². The molecule has 0 aliphatic rings. The number of anilines is 1. The number of hydrogen-bond donors (Lipinski definition) is 4. The average Bonchev–Trinajstić information content (AvgIpc) is 3.13. The number of fused-ring (bicyclic) bond motifs is 1. The van der Waals surface area contributed by atoms with E-state index in [4.69, 9.17) is 21.7 Å². The molecule has 1 aromatic heterocycles. The molecule has 0 fully saturated rings. The Bertz CT molecular complexity index is 1140. The highest BCUT2D eigenvalue weighted by atomic mass is 32.1. The number of alkyl carbamates (subject to hydrolysis) is 1. The van der Waals surface area contributed by atoms with Crippen LogP contribution in [0, 0.1) is 11.6 Å². The van der Waals surface area contributed by atoms with Gasteiger partial charge in [0.25, 0.3) is 0 Å². The molecule has 1 amide bonds. The number of carbonyl (C=O) groups is 1. The molecule has 0 spiro atoms. The minimum absolute atomic E-state index is 0.316. The topological polar surface area (TPSA) is 87.4 Å². The number of hydrogen-bond acceptors (Lipinski definition) is 4. The van der Waals surface area contributed by atoms with E-state index in [1.54, 1.807) is 32.9 Å². The minimum atomic E-state index is -0.912. The van der Waals surface area contributed by atoms with Crippen LogP contribution >= 0.6 is 12.2 Å². The molecule has 3 aromatic rings. The summed E-state index contributed by atoms with van der Waals surface area (Å²) in [7, 11) is 1.54. The van der Waals surface area contributed by atoms with Crippen molar-refractivity contribution in [2.45, 2.75) is 26.4 Å². The summed E-state index contributed by atoms with van der Waals surface area (Å²) in [5.41, 5.74) is 1.97. The van der Waals surface area contributed by atoms with Crippen molar-refractivity contribution in [2.75, 3.05) is 25.5 Å². The number of carbonyl (C=O) groups excluding carboxylic acids is 1. The first-order valence-electron chi connectivity index (χ1n) is 10.2. The Morgan fingerprint density at radius 2 is 1.76 bits per heavy atom. The first-order valence-corrected chi connectivity index (χ1v) is 10.6. The van der Waals surface area contributed by atoms with Gasteiger partial charge >= 0.3 is 6.09 Å². The van der Waals surface area contributed by atoms with Crippen molar-refractivity contribution in [1.29, 1.82) is 0 Å². The second kappa shape index (κ2) is 10.0. The molecule has 7 nitrogen and oxygen atoms in total. The lowest BCUT2D eigenvalue weighted by Gasteiger charge is -2.20. The molecular formula is C23H26F2N4O3S. The Morgan fingerprint density at radius 1 is 1.06 bits per heavy atom. The fraction of sp³-hybridized carbons (Fsp3) is 0.304. The van der Waals surface area contributed by atoms with Gasteiger partial charge in [0.2, 0.25) is 0 Å². The van der Waals surface area contributed by atoms with Gasteiger partial charge in [-0.05, 0) is 63.3 Å². The van der Waals surface area contributed by atoms with Gasteiger partial charge in [-0.3, -0.25) is 0 Å². The molecular weight excluding hydrogens is 450 g/mol. The van der Waals surface area contributed by atoms with Crippen LogP contribution in [0.3, 0.4) is 0 Å². The van der Waals surface area contributed by atoms with Crippen molar-refractivity contribution in [1.82, 2.24) is 15.6 Å². The largest absolute Gasteiger partial charge is 0.495 e. The van der Waals surface area contributed by atoms with Gasteiger partial charge in [0.05, 0.1) is 12.8 Å². The van der Waals surface area contributed by atoms with Crippen LogP contribution in [0.4, 0.5) is 19.3 Å². The normalized spacial score (nSPS) is 11.2. The zero-order chi connectivity index (χ0) is 24.2. The van der Waals surface area contributed by atoms with Crippen LogP contribution in [-0.2, 0) is 4.74 Å². The van der Waals surface area contributed by atoms with Gasteiger partial charge in [0.15, 0.2) is 16.7 Å². The maximum Gasteiger partial charge on any atom is 0.407 e. The molecule has 10 heteroatoms. The number of benzene rings is 2. The molecule has 176 valence electrons. The molecule has 0 radical (unpaired) electrons. The van der Waals surface area contributed by atoms with Crippen molar-refractivity contribution >= 4 is 40.0 Å². The Balaban J connectivity index is 1.65. The molecule has 0 aliphatic carbocycles. The highest BCUT2D eigenvalue weighted by molar-refractivity contribution is 7.80. The molecule has 0 bridgehead atoms. The van der Waals surface area contributed by atoms with Crippen LogP contribution < -0.4 is 20.7 Å². The van der Waals surface area contributed by atoms with Gasteiger partial charge in [-0.1, -0.05) is 0 Å². The average molecular weight is 477 g/mol. The highest BCUT2D eigenvalue weighted by Gasteiger charge is 2.15. The summed E-state index contributed by atoms with van der Waals surface area (Å²) < 4.78 is 37.7. The third-order valence-corrected chi connectivity index (χ3v) is 4.75. The van der Waals surface area contributed by atoms with Gasteiger partial charge < -0.3 is 30.4 Å². The van der Waals surface area contributed by atoms with Crippen molar-refractivity contribution in [2.24, 2.45) is 0 Å². The molecule has 0 saturated heterocycles. The number of nitrogens with one attached hydrogen (secondary N) is 4. The van der Waals surface area contributed by atoms with E-state index in [0.717, 1.165) is 17.7 Å². The van der Waals surface area contributed by atoms with E-state index in [0.29, 0.717) is 46.2 Å². The van der Waals surface area contributed by atoms with Crippen molar-refractivity contribution in [3.05, 3.63) is 48.0 Å². The predicted molar refractivity (Wildman–Crippen MR) is 129 cm³/mol. The number of thiocarbonyl (C=S) groups is 1. The molecule has 0 aliphatic heterocycles. The smallest absolute Gasteiger partial charge is 0.407 e. The number of aromatic nitrogens is 1. The Labute approximate surface area is 195 Å². The monoisotopic (exact) mass is 476 g/mol. The minimum Gasteiger partial charge on any atom is -0.495 e. The van der Waals surface area contributed by atoms with E-state index in [9.17, 15) is 13.6 Å². The molecule has 3 rings (SSSR count). The number of H-pyrrole nitrogens is 1. The number of amides is 1. The zero-order valence-electron chi connectivity index (χ0n) is 18.8. The van der Waals surface area contributed by atoms with E-state index in [-0.39, 0.29) is 0 Å². The number of ether oxygens (including phenoxy) is 2. The number of halogens is 2. The van der Waals surface area contributed by atoms with Gasteiger partial charge in [0, 0.05) is 41.3 Å². The molecule has 1 heterocycles. The summed E-state index contributed by atoms with van der Waals surface area (Å²) in [6.07, 6.45) is -0.504. The Hall–Kier alpha value is -3.40. The van der Waals surface area contributed by atoms with Gasteiger partial charge in [0.1, 0.15) is 11.4 Å². The van der Waals surface area contributed by atoms with Crippen LogP contribution in [0.5, 0.6) is 5.75 Å². The number of rotatable bonds is 6. The third-order valence-electron chi connectivity index (χ3n) is 4.50. The highest BCUT2D eigenvalue weighted by Crippen LogP contribution is 2.32. The Kier molecular flexibility index (Phi) is 7.37. The maximum absolute atomic E-state index is 13.5. The molecule has 0 saturated carbocycles. The third kappa shape index (κ3) is 6.55. The number of aromatic amines is 1. The van der Waals surface area contributed by atoms with Gasteiger partial charge in [-0.15, -0.1) is 0 Å². The summed E-state index contributed by atoms with van der Waals surface area (Å²) >= 11 is 5.34. The maximum atomic E-state index is 13.5. The Morgan fingerprint density at radius 3 is 2.45 bits per heavy atom. The fourth-order valence-electron chi connectivity index (χ4n) is 3.08. The lowest BCUT2D eigenvalue weighted by Crippen LogP contribution is -2.39. The van der Waals surface area contributed by atoms with E-state index in [2.05, 4.69) is 20.9 Å². The van der Waals surface area contributed by atoms with Crippen LogP contribution in [0.15, 0.2) is 36.4 Å². The molecule has 2 aromatic carbocycles.